The zero-order chi connectivity index (χ0) is 19.2. The molecule has 2 amide bonds. The van der Waals surface area contributed by atoms with Crippen molar-refractivity contribution in [2.45, 2.75) is 6.61 Å². The topological polar surface area (TPSA) is 103 Å². The molecule has 8 heteroatoms. The average Bonchev–Trinajstić information content (AvgIpc) is 3.06. The van der Waals surface area contributed by atoms with E-state index in [1.165, 1.54) is 0 Å². The summed E-state index contributed by atoms with van der Waals surface area (Å²) in [6, 6.07) is 12.7. The lowest BCUT2D eigenvalue weighted by molar-refractivity contribution is 0.0782. The van der Waals surface area contributed by atoms with Crippen molar-refractivity contribution in [1.29, 1.82) is 0 Å². The second kappa shape index (κ2) is 8.52. The molecular formula is C19H23N5O3. The first-order valence-corrected chi connectivity index (χ1v) is 8.58. The number of imidazole rings is 1. The number of nitrogens with zero attached hydrogens (tertiary/aromatic N) is 2. The van der Waals surface area contributed by atoms with Crippen LogP contribution >= 0.6 is 0 Å². The maximum atomic E-state index is 12.3. The third-order valence-electron chi connectivity index (χ3n) is 3.93. The van der Waals surface area contributed by atoms with Crippen LogP contribution in [0.4, 0.5) is 21.9 Å². The van der Waals surface area contributed by atoms with Gasteiger partial charge in [0, 0.05) is 25.5 Å². The third kappa shape index (κ3) is 4.75. The number of fused-ring (bicyclic) bond motifs is 1. The van der Waals surface area contributed by atoms with Crippen molar-refractivity contribution >= 4 is 34.1 Å². The predicted octanol–water partition coefficient (Wildman–Crippen LogP) is 2.78. The monoisotopic (exact) mass is 369 g/mol. The highest BCUT2D eigenvalue weighted by molar-refractivity contribution is 6.04. The fourth-order valence-electron chi connectivity index (χ4n) is 2.61. The average molecular weight is 369 g/mol. The molecule has 0 unspecified atom stereocenters. The Kier molecular flexibility index (Phi) is 5.90. The number of aromatic nitrogens is 2. The number of benzene rings is 2. The van der Waals surface area contributed by atoms with Gasteiger partial charge in [-0.1, -0.05) is 6.07 Å². The van der Waals surface area contributed by atoms with Gasteiger partial charge in [0.15, 0.2) is 0 Å². The number of carbonyl (C=O) groups is 1. The van der Waals surface area contributed by atoms with Crippen LogP contribution in [0.1, 0.15) is 5.82 Å². The Morgan fingerprint density at radius 3 is 2.67 bits per heavy atom. The Morgan fingerprint density at radius 2 is 1.96 bits per heavy atom. The number of amides is 2. The molecule has 0 saturated carbocycles. The summed E-state index contributed by atoms with van der Waals surface area (Å²) in [7, 11) is 3.92. The van der Waals surface area contributed by atoms with Crippen LogP contribution in [0.3, 0.4) is 0 Å². The second-order valence-corrected chi connectivity index (χ2v) is 6.18. The first-order valence-electron chi connectivity index (χ1n) is 8.58. The Morgan fingerprint density at radius 1 is 1.19 bits per heavy atom. The van der Waals surface area contributed by atoms with Gasteiger partial charge in [-0.15, -0.1) is 0 Å². The van der Waals surface area contributed by atoms with Gasteiger partial charge in [0.2, 0.25) is 0 Å². The van der Waals surface area contributed by atoms with E-state index in [2.05, 4.69) is 20.6 Å². The number of anilines is 3. The van der Waals surface area contributed by atoms with Gasteiger partial charge in [0.05, 0.1) is 24.4 Å². The Bertz CT molecular complexity index is 905. The molecule has 0 fully saturated rings. The van der Waals surface area contributed by atoms with Gasteiger partial charge >= 0.3 is 6.03 Å². The molecule has 3 rings (SSSR count). The fraction of sp³-hybridized carbons (Fsp3) is 0.263. The van der Waals surface area contributed by atoms with Crippen molar-refractivity contribution in [1.82, 2.24) is 9.97 Å². The standard InChI is InChI=1S/C19H23N5O3/c1-24(2)14-8-6-13(7-9-14)20-19(26)22-16-5-3-4-15-18(16)23-17(21-15)12-27-11-10-25/h3-9,25H,10-12H2,1-2H3,(H,21,23)(H2,20,22,26). The molecule has 0 atom stereocenters. The zero-order valence-corrected chi connectivity index (χ0v) is 15.3. The molecule has 1 aromatic heterocycles. The molecular weight excluding hydrogens is 346 g/mol. The summed E-state index contributed by atoms with van der Waals surface area (Å²) in [4.78, 5) is 21.9. The lowest BCUT2D eigenvalue weighted by Crippen LogP contribution is -2.19. The Balaban J connectivity index is 1.68. The molecule has 0 aliphatic carbocycles. The van der Waals surface area contributed by atoms with E-state index in [-0.39, 0.29) is 25.9 Å². The normalized spacial score (nSPS) is 10.8. The predicted molar refractivity (Wildman–Crippen MR) is 106 cm³/mol. The Labute approximate surface area is 157 Å². The van der Waals surface area contributed by atoms with Gasteiger partial charge in [-0.2, -0.15) is 0 Å². The minimum absolute atomic E-state index is 0.0390. The number of hydrogen-bond donors (Lipinski definition) is 4. The van der Waals surface area contributed by atoms with E-state index in [0.717, 1.165) is 11.2 Å². The van der Waals surface area contributed by atoms with Gasteiger partial charge in [0.25, 0.3) is 0 Å². The van der Waals surface area contributed by atoms with E-state index in [9.17, 15) is 4.79 Å². The van der Waals surface area contributed by atoms with Gasteiger partial charge in [0.1, 0.15) is 17.9 Å². The van der Waals surface area contributed by atoms with Crippen LogP contribution in [0.5, 0.6) is 0 Å². The van der Waals surface area contributed by atoms with Crippen molar-refractivity contribution in [3.63, 3.8) is 0 Å². The van der Waals surface area contributed by atoms with Crippen LogP contribution in [0, 0.1) is 0 Å². The maximum Gasteiger partial charge on any atom is 0.323 e. The quantitative estimate of drug-likeness (QED) is 0.480. The molecule has 0 bridgehead atoms. The van der Waals surface area contributed by atoms with Gasteiger partial charge in [-0.3, -0.25) is 0 Å². The molecule has 2 aromatic carbocycles. The lowest BCUT2D eigenvalue weighted by Gasteiger charge is -2.13. The smallest absolute Gasteiger partial charge is 0.323 e. The minimum atomic E-state index is -0.346. The Hall–Kier alpha value is -3.10. The number of H-pyrrole nitrogens is 1. The number of aliphatic hydroxyl groups is 1. The van der Waals surface area contributed by atoms with Crippen LogP contribution in [-0.4, -0.2) is 48.4 Å². The van der Waals surface area contributed by atoms with E-state index in [0.29, 0.717) is 22.7 Å². The first-order chi connectivity index (χ1) is 13.1. The molecule has 3 aromatic rings. The molecule has 1 heterocycles. The van der Waals surface area contributed by atoms with E-state index in [1.54, 1.807) is 6.07 Å². The SMILES string of the molecule is CN(C)c1ccc(NC(=O)Nc2cccc3[nH]c(COCCO)nc23)cc1. The van der Waals surface area contributed by atoms with E-state index >= 15 is 0 Å². The van der Waals surface area contributed by atoms with Crippen molar-refractivity contribution < 1.29 is 14.6 Å². The van der Waals surface area contributed by atoms with Gasteiger partial charge in [-0.05, 0) is 36.4 Å². The number of nitrogens with one attached hydrogen (secondary N) is 3. The summed E-state index contributed by atoms with van der Waals surface area (Å²) < 4.78 is 5.28. The number of aliphatic hydroxyl groups excluding tert-OH is 1. The minimum Gasteiger partial charge on any atom is -0.394 e. The summed E-state index contributed by atoms with van der Waals surface area (Å²) in [6.07, 6.45) is 0. The number of hydrogen-bond acceptors (Lipinski definition) is 5. The number of para-hydroxylation sites is 1. The molecule has 0 aliphatic rings. The molecule has 0 aliphatic heterocycles. The van der Waals surface area contributed by atoms with Crippen LogP contribution in [-0.2, 0) is 11.3 Å². The van der Waals surface area contributed by atoms with Crippen molar-refractivity contribution in [3.05, 3.63) is 48.3 Å². The van der Waals surface area contributed by atoms with Crippen LogP contribution in [0.15, 0.2) is 42.5 Å². The number of urea groups is 1. The zero-order valence-electron chi connectivity index (χ0n) is 15.3. The molecule has 0 spiro atoms. The summed E-state index contributed by atoms with van der Waals surface area (Å²) in [6.45, 7) is 0.471. The van der Waals surface area contributed by atoms with E-state index in [4.69, 9.17) is 9.84 Å². The molecule has 27 heavy (non-hydrogen) atoms. The van der Waals surface area contributed by atoms with Crippen LogP contribution < -0.4 is 15.5 Å². The number of carbonyl (C=O) groups excluding carboxylic acids is 1. The molecule has 0 radical (unpaired) electrons. The van der Waals surface area contributed by atoms with Crippen LogP contribution in [0.2, 0.25) is 0 Å². The van der Waals surface area contributed by atoms with Crippen molar-refractivity contribution in [3.8, 4) is 0 Å². The molecule has 0 saturated heterocycles. The summed E-state index contributed by atoms with van der Waals surface area (Å²) >= 11 is 0. The van der Waals surface area contributed by atoms with Gasteiger partial charge in [-0.25, -0.2) is 9.78 Å². The molecule has 142 valence electrons. The summed E-state index contributed by atoms with van der Waals surface area (Å²) in [5.41, 5.74) is 3.80. The number of aromatic amines is 1. The largest absolute Gasteiger partial charge is 0.394 e. The molecule has 4 N–H and O–H groups in total. The second-order valence-electron chi connectivity index (χ2n) is 6.18. The van der Waals surface area contributed by atoms with E-state index < -0.39 is 0 Å². The number of ether oxygens (including phenoxy) is 1. The summed E-state index contributed by atoms with van der Waals surface area (Å²) in [5, 5.41) is 14.4. The van der Waals surface area contributed by atoms with E-state index in [1.807, 2.05) is 55.4 Å². The highest BCUT2D eigenvalue weighted by Gasteiger charge is 2.10. The third-order valence-corrected chi connectivity index (χ3v) is 3.93. The highest BCUT2D eigenvalue weighted by Crippen LogP contribution is 2.22. The maximum absolute atomic E-state index is 12.3. The molecule has 8 nitrogen and oxygen atoms in total. The van der Waals surface area contributed by atoms with Gasteiger partial charge < -0.3 is 30.4 Å². The van der Waals surface area contributed by atoms with Crippen LogP contribution in [0.25, 0.3) is 11.0 Å². The highest BCUT2D eigenvalue weighted by atomic mass is 16.5. The number of rotatable bonds is 7. The lowest BCUT2D eigenvalue weighted by atomic mass is 10.2. The van der Waals surface area contributed by atoms with Crippen molar-refractivity contribution in [2.75, 3.05) is 42.8 Å². The summed E-state index contributed by atoms with van der Waals surface area (Å²) in [5.74, 6) is 0.632. The first kappa shape index (κ1) is 18.7. The van der Waals surface area contributed by atoms with Crippen molar-refractivity contribution in [2.24, 2.45) is 0 Å². The fourth-order valence-corrected chi connectivity index (χ4v) is 2.61.